The number of rotatable bonds is 3. The number of halogens is 1. The molecule has 0 saturated carbocycles. The summed E-state index contributed by atoms with van der Waals surface area (Å²) < 4.78 is 20.8. The smallest absolute Gasteiger partial charge is 0.253 e. The minimum absolute atomic E-state index is 0.137. The standard InChI is InChI=1S/C20H21FN6O2/c1-25-11-24-17-18(25)22-10-23-19(17)26-6-13-8-27(9-14(13)7-26)20(28)12-3-4-16(29-2)15(21)5-12/h3-5,10-11,13-14H,6-9H2,1-2H3. The van der Waals surface area contributed by atoms with Crippen LogP contribution in [0.25, 0.3) is 11.2 Å². The molecule has 0 radical (unpaired) electrons. The van der Waals surface area contributed by atoms with Crippen molar-refractivity contribution in [2.24, 2.45) is 18.9 Å². The Morgan fingerprint density at radius 2 is 1.90 bits per heavy atom. The highest BCUT2D eigenvalue weighted by molar-refractivity contribution is 5.94. The molecule has 3 aromatic rings. The quantitative estimate of drug-likeness (QED) is 0.671. The number of amides is 1. The molecule has 2 atom stereocenters. The number of likely N-dealkylation sites (tertiary alicyclic amines) is 1. The van der Waals surface area contributed by atoms with Gasteiger partial charge >= 0.3 is 0 Å². The summed E-state index contributed by atoms with van der Waals surface area (Å²) in [6.45, 7) is 2.94. The SMILES string of the molecule is COc1ccc(C(=O)N2CC3CN(c4ncnc5c4ncn5C)CC3C2)cc1F. The second-order valence-electron chi connectivity index (χ2n) is 7.71. The van der Waals surface area contributed by atoms with E-state index in [0.717, 1.165) is 30.1 Å². The molecular formula is C20H21FN6O2. The predicted octanol–water partition coefficient (Wildman–Crippen LogP) is 1.72. The van der Waals surface area contributed by atoms with Crippen LogP contribution in [0.1, 0.15) is 10.4 Å². The number of imidazole rings is 1. The van der Waals surface area contributed by atoms with Crippen molar-refractivity contribution in [2.75, 3.05) is 38.2 Å². The Morgan fingerprint density at radius 3 is 2.59 bits per heavy atom. The van der Waals surface area contributed by atoms with Crippen molar-refractivity contribution in [1.29, 1.82) is 0 Å². The minimum Gasteiger partial charge on any atom is -0.494 e. The predicted molar refractivity (Wildman–Crippen MR) is 104 cm³/mol. The molecule has 29 heavy (non-hydrogen) atoms. The molecule has 2 unspecified atom stereocenters. The Kier molecular flexibility index (Phi) is 4.11. The fourth-order valence-electron chi connectivity index (χ4n) is 4.48. The maximum absolute atomic E-state index is 14.0. The van der Waals surface area contributed by atoms with E-state index in [1.165, 1.54) is 19.2 Å². The third-order valence-electron chi connectivity index (χ3n) is 5.95. The van der Waals surface area contributed by atoms with E-state index in [-0.39, 0.29) is 11.7 Å². The largest absolute Gasteiger partial charge is 0.494 e. The van der Waals surface area contributed by atoms with Gasteiger partial charge in [-0.3, -0.25) is 4.79 Å². The van der Waals surface area contributed by atoms with Crippen LogP contribution in [-0.4, -0.2) is 63.6 Å². The highest BCUT2D eigenvalue weighted by Crippen LogP contribution is 2.35. The summed E-state index contributed by atoms with van der Waals surface area (Å²) in [5.74, 6) is 1.04. The number of fused-ring (bicyclic) bond motifs is 2. The van der Waals surface area contributed by atoms with E-state index in [1.807, 2.05) is 16.5 Å². The molecule has 0 N–H and O–H groups in total. The zero-order valence-corrected chi connectivity index (χ0v) is 16.2. The first-order valence-corrected chi connectivity index (χ1v) is 9.55. The third-order valence-corrected chi connectivity index (χ3v) is 5.95. The maximum Gasteiger partial charge on any atom is 0.253 e. The average molecular weight is 396 g/mol. The maximum atomic E-state index is 14.0. The summed E-state index contributed by atoms with van der Waals surface area (Å²) in [5, 5.41) is 0. The van der Waals surface area contributed by atoms with Gasteiger partial charge < -0.3 is 19.1 Å². The van der Waals surface area contributed by atoms with E-state index in [2.05, 4.69) is 19.9 Å². The number of aryl methyl sites for hydroxylation is 1. The zero-order valence-electron chi connectivity index (χ0n) is 16.2. The molecule has 5 rings (SSSR count). The van der Waals surface area contributed by atoms with E-state index < -0.39 is 5.82 Å². The van der Waals surface area contributed by atoms with Gasteiger partial charge in [0.1, 0.15) is 6.33 Å². The number of anilines is 1. The Bertz CT molecular complexity index is 1090. The zero-order chi connectivity index (χ0) is 20.1. The first-order chi connectivity index (χ1) is 14.0. The molecule has 1 aromatic carbocycles. The van der Waals surface area contributed by atoms with Crippen LogP contribution in [0.2, 0.25) is 0 Å². The number of aromatic nitrogens is 4. The monoisotopic (exact) mass is 396 g/mol. The van der Waals surface area contributed by atoms with Gasteiger partial charge in [0.2, 0.25) is 0 Å². The second kappa shape index (κ2) is 6.68. The van der Waals surface area contributed by atoms with Gasteiger partial charge in [-0.1, -0.05) is 0 Å². The van der Waals surface area contributed by atoms with Crippen molar-refractivity contribution in [3.05, 3.63) is 42.2 Å². The van der Waals surface area contributed by atoms with Gasteiger partial charge in [0, 0.05) is 50.6 Å². The van der Waals surface area contributed by atoms with Gasteiger partial charge in [0.05, 0.1) is 13.4 Å². The average Bonchev–Trinajstić information content (AvgIpc) is 3.40. The number of methoxy groups -OCH3 is 1. The van der Waals surface area contributed by atoms with Crippen LogP contribution in [0, 0.1) is 17.7 Å². The van der Waals surface area contributed by atoms with Crippen LogP contribution >= 0.6 is 0 Å². The summed E-state index contributed by atoms with van der Waals surface area (Å²) in [6, 6.07) is 4.36. The molecule has 0 aliphatic carbocycles. The Labute approximate surface area is 166 Å². The molecule has 4 heterocycles. The van der Waals surface area contributed by atoms with Gasteiger partial charge in [-0.15, -0.1) is 0 Å². The molecule has 2 aromatic heterocycles. The lowest BCUT2D eigenvalue weighted by Gasteiger charge is -2.22. The lowest BCUT2D eigenvalue weighted by atomic mass is 10.0. The third kappa shape index (κ3) is 2.88. The number of benzene rings is 1. The second-order valence-corrected chi connectivity index (χ2v) is 7.71. The van der Waals surface area contributed by atoms with Crippen LogP contribution in [0.3, 0.4) is 0 Å². The van der Waals surface area contributed by atoms with Crippen molar-refractivity contribution in [2.45, 2.75) is 0 Å². The topological polar surface area (TPSA) is 76.4 Å². The number of hydrogen-bond acceptors (Lipinski definition) is 6. The number of hydrogen-bond donors (Lipinski definition) is 0. The van der Waals surface area contributed by atoms with Gasteiger partial charge in [-0.25, -0.2) is 19.3 Å². The summed E-state index contributed by atoms with van der Waals surface area (Å²) in [7, 11) is 3.32. The van der Waals surface area contributed by atoms with E-state index in [9.17, 15) is 9.18 Å². The Hall–Kier alpha value is -3.23. The van der Waals surface area contributed by atoms with Crippen molar-refractivity contribution in [3.63, 3.8) is 0 Å². The van der Waals surface area contributed by atoms with E-state index >= 15 is 0 Å². The summed E-state index contributed by atoms with van der Waals surface area (Å²) in [6.07, 6.45) is 3.32. The fraction of sp³-hybridized carbons (Fsp3) is 0.400. The minimum atomic E-state index is -0.521. The molecule has 2 aliphatic rings. The highest BCUT2D eigenvalue weighted by Gasteiger charge is 2.42. The molecule has 8 nitrogen and oxygen atoms in total. The summed E-state index contributed by atoms with van der Waals surface area (Å²) in [5.41, 5.74) is 1.97. The van der Waals surface area contributed by atoms with Crippen LogP contribution in [0.4, 0.5) is 10.2 Å². The normalized spacial score (nSPS) is 21.1. The summed E-state index contributed by atoms with van der Waals surface area (Å²) >= 11 is 0. The molecule has 9 heteroatoms. The lowest BCUT2D eigenvalue weighted by Crippen LogP contribution is -2.33. The van der Waals surface area contributed by atoms with Gasteiger partial charge in [-0.2, -0.15) is 0 Å². The molecule has 2 aliphatic heterocycles. The van der Waals surface area contributed by atoms with Gasteiger partial charge in [-0.05, 0) is 18.2 Å². The number of carbonyl (C=O) groups is 1. The van der Waals surface area contributed by atoms with E-state index in [1.54, 1.807) is 18.7 Å². The molecule has 2 saturated heterocycles. The first-order valence-electron chi connectivity index (χ1n) is 9.55. The molecular weight excluding hydrogens is 375 g/mol. The Morgan fingerprint density at radius 1 is 1.14 bits per heavy atom. The van der Waals surface area contributed by atoms with Crippen molar-refractivity contribution >= 4 is 22.9 Å². The molecule has 0 bridgehead atoms. The highest BCUT2D eigenvalue weighted by atomic mass is 19.1. The van der Waals surface area contributed by atoms with Gasteiger partial charge in [0.15, 0.2) is 28.5 Å². The summed E-state index contributed by atoms with van der Waals surface area (Å²) in [4.78, 5) is 30.1. The van der Waals surface area contributed by atoms with E-state index in [0.29, 0.717) is 30.5 Å². The van der Waals surface area contributed by atoms with Crippen LogP contribution in [0.15, 0.2) is 30.9 Å². The fourth-order valence-corrected chi connectivity index (χ4v) is 4.48. The number of carbonyl (C=O) groups excluding carboxylic acids is 1. The van der Waals surface area contributed by atoms with Crippen molar-refractivity contribution in [1.82, 2.24) is 24.4 Å². The van der Waals surface area contributed by atoms with Crippen molar-refractivity contribution in [3.8, 4) is 5.75 Å². The van der Waals surface area contributed by atoms with Crippen LogP contribution in [0.5, 0.6) is 5.75 Å². The lowest BCUT2D eigenvalue weighted by molar-refractivity contribution is 0.0782. The molecule has 2 fully saturated rings. The molecule has 0 spiro atoms. The Balaban J connectivity index is 1.31. The first kappa shape index (κ1) is 17.8. The van der Waals surface area contributed by atoms with Crippen LogP contribution < -0.4 is 9.64 Å². The number of ether oxygens (including phenoxy) is 1. The van der Waals surface area contributed by atoms with Crippen molar-refractivity contribution < 1.29 is 13.9 Å². The van der Waals surface area contributed by atoms with E-state index in [4.69, 9.17) is 4.74 Å². The number of nitrogens with zero attached hydrogens (tertiary/aromatic N) is 6. The molecule has 1 amide bonds. The molecule has 150 valence electrons. The van der Waals surface area contributed by atoms with Gasteiger partial charge in [0.25, 0.3) is 5.91 Å². The van der Waals surface area contributed by atoms with Crippen LogP contribution in [-0.2, 0) is 7.05 Å².